The summed E-state index contributed by atoms with van der Waals surface area (Å²) >= 11 is 0. The maximum absolute atomic E-state index is 12.2. The van der Waals surface area contributed by atoms with Crippen molar-refractivity contribution in [2.75, 3.05) is 29.9 Å². The second kappa shape index (κ2) is 8.31. The van der Waals surface area contributed by atoms with Gasteiger partial charge in [0.25, 0.3) is 0 Å². The number of piperidine rings is 1. The molecule has 0 unspecified atom stereocenters. The first kappa shape index (κ1) is 19.9. The normalized spacial score (nSPS) is 15.5. The van der Waals surface area contributed by atoms with Crippen LogP contribution in [0.25, 0.3) is 0 Å². The lowest BCUT2D eigenvalue weighted by atomic mass is 9.96. The SMILES string of the molecule is Cc1ccc(NC(=O)CS(=O)(=O)CC(=O)N2CCC(C(N)=O)CC2)cc1. The van der Waals surface area contributed by atoms with Crippen LogP contribution in [0.2, 0.25) is 0 Å². The number of carbonyl (C=O) groups is 3. The van der Waals surface area contributed by atoms with Gasteiger partial charge in [0.1, 0.15) is 11.5 Å². The van der Waals surface area contributed by atoms with Gasteiger partial charge in [-0.15, -0.1) is 0 Å². The van der Waals surface area contributed by atoms with E-state index in [0.717, 1.165) is 5.56 Å². The third-order valence-electron chi connectivity index (χ3n) is 4.28. The lowest BCUT2D eigenvalue weighted by Gasteiger charge is -2.30. The fourth-order valence-corrected chi connectivity index (χ4v) is 3.91. The molecule has 1 aromatic rings. The summed E-state index contributed by atoms with van der Waals surface area (Å²) in [5, 5.41) is 2.50. The van der Waals surface area contributed by atoms with Crippen LogP contribution in [-0.4, -0.2) is 55.6 Å². The average Bonchev–Trinajstić information content (AvgIpc) is 2.56. The zero-order valence-electron chi connectivity index (χ0n) is 14.6. The second-order valence-corrected chi connectivity index (χ2v) is 8.57. The first-order valence-corrected chi connectivity index (χ1v) is 10.1. The molecule has 1 aliphatic rings. The summed E-state index contributed by atoms with van der Waals surface area (Å²) in [5.41, 5.74) is 6.75. The number of rotatable bonds is 6. The van der Waals surface area contributed by atoms with Gasteiger partial charge in [-0.05, 0) is 31.9 Å². The minimum absolute atomic E-state index is 0.282. The number of nitrogens with one attached hydrogen (secondary N) is 1. The fourth-order valence-electron chi connectivity index (χ4n) is 2.78. The Hall–Kier alpha value is -2.42. The van der Waals surface area contributed by atoms with Crippen molar-refractivity contribution >= 4 is 33.2 Å². The van der Waals surface area contributed by atoms with E-state index in [4.69, 9.17) is 5.73 Å². The van der Waals surface area contributed by atoms with Gasteiger partial charge in [-0.3, -0.25) is 14.4 Å². The van der Waals surface area contributed by atoms with Crippen molar-refractivity contribution < 1.29 is 22.8 Å². The van der Waals surface area contributed by atoms with Crippen LogP contribution >= 0.6 is 0 Å². The number of amides is 3. The zero-order valence-corrected chi connectivity index (χ0v) is 15.4. The van der Waals surface area contributed by atoms with Gasteiger partial charge in [-0.1, -0.05) is 17.7 Å². The van der Waals surface area contributed by atoms with E-state index in [0.29, 0.717) is 18.5 Å². The lowest BCUT2D eigenvalue weighted by Crippen LogP contribution is -2.44. The second-order valence-electron chi connectivity index (χ2n) is 6.50. The van der Waals surface area contributed by atoms with Crippen LogP contribution in [0.3, 0.4) is 0 Å². The summed E-state index contributed by atoms with van der Waals surface area (Å²) < 4.78 is 24.3. The number of sulfone groups is 1. The summed E-state index contributed by atoms with van der Waals surface area (Å²) in [6, 6.07) is 6.94. The minimum atomic E-state index is -3.88. The van der Waals surface area contributed by atoms with E-state index >= 15 is 0 Å². The van der Waals surface area contributed by atoms with E-state index < -0.39 is 39.1 Å². The molecule has 1 saturated heterocycles. The predicted molar refractivity (Wildman–Crippen MR) is 97.0 cm³/mol. The highest BCUT2D eigenvalue weighted by molar-refractivity contribution is 7.92. The van der Waals surface area contributed by atoms with Gasteiger partial charge in [-0.25, -0.2) is 8.42 Å². The molecule has 0 bridgehead atoms. The molecule has 1 heterocycles. The zero-order chi connectivity index (χ0) is 19.3. The number of nitrogens with zero attached hydrogens (tertiary/aromatic N) is 1. The molecule has 8 nitrogen and oxygen atoms in total. The highest BCUT2D eigenvalue weighted by Crippen LogP contribution is 2.17. The number of benzene rings is 1. The predicted octanol–water partition coefficient (Wildman–Crippen LogP) is 0.0722. The number of anilines is 1. The van der Waals surface area contributed by atoms with Crippen molar-refractivity contribution in [1.29, 1.82) is 0 Å². The molecule has 1 aliphatic heterocycles. The first-order chi connectivity index (χ1) is 12.2. The molecule has 1 fully saturated rings. The summed E-state index contributed by atoms with van der Waals surface area (Å²) in [4.78, 5) is 36.6. The smallest absolute Gasteiger partial charge is 0.239 e. The number of carbonyl (C=O) groups excluding carboxylic acids is 3. The molecule has 0 spiro atoms. The standard InChI is InChI=1S/C17H23N3O5S/c1-12-2-4-14(5-3-12)19-15(21)10-26(24,25)11-16(22)20-8-6-13(7-9-20)17(18)23/h2-5,13H,6-11H2,1H3,(H2,18,23)(H,19,21). The van der Waals surface area contributed by atoms with Crippen LogP contribution in [-0.2, 0) is 24.2 Å². The van der Waals surface area contributed by atoms with Gasteiger partial charge < -0.3 is 16.0 Å². The van der Waals surface area contributed by atoms with Crippen molar-refractivity contribution in [3.63, 3.8) is 0 Å². The minimum Gasteiger partial charge on any atom is -0.369 e. The molecular formula is C17H23N3O5S. The molecule has 0 aromatic heterocycles. The summed E-state index contributed by atoms with van der Waals surface area (Å²) in [6.45, 7) is 2.48. The van der Waals surface area contributed by atoms with Gasteiger partial charge in [0.2, 0.25) is 17.7 Å². The molecule has 3 amide bonds. The molecule has 0 aliphatic carbocycles. The largest absolute Gasteiger partial charge is 0.369 e. The van der Waals surface area contributed by atoms with Crippen molar-refractivity contribution in [1.82, 2.24) is 4.90 Å². The quantitative estimate of drug-likeness (QED) is 0.721. The number of hydrogen-bond acceptors (Lipinski definition) is 5. The van der Waals surface area contributed by atoms with Crippen molar-refractivity contribution in [2.45, 2.75) is 19.8 Å². The third kappa shape index (κ3) is 5.83. The Morgan fingerprint density at radius 2 is 1.69 bits per heavy atom. The molecule has 3 N–H and O–H groups in total. The molecule has 0 radical (unpaired) electrons. The Balaban J connectivity index is 1.85. The van der Waals surface area contributed by atoms with Crippen LogP contribution in [0.5, 0.6) is 0 Å². The molecule has 1 aromatic carbocycles. The van der Waals surface area contributed by atoms with Crippen LogP contribution in [0.1, 0.15) is 18.4 Å². The van der Waals surface area contributed by atoms with Gasteiger partial charge in [0.05, 0.1) is 0 Å². The molecule has 26 heavy (non-hydrogen) atoms. The maximum atomic E-state index is 12.2. The number of nitrogens with two attached hydrogens (primary N) is 1. The first-order valence-electron chi connectivity index (χ1n) is 8.30. The summed E-state index contributed by atoms with van der Waals surface area (Å²) in [5.74, 6) is -3.42. The van der Waals surface area contributed by atoms with Crippen molar-refractivity contribution in [3.05, 3.63) is 29.8 Å². The monoisotopic (exact) mass is 381 g/mol. The van der Waals surface area contributed by atoms with Gasteiger partial charge in [0.15, 0.2) is 9.84 Å². The molecule has 2 rings (SSSR count). The van der Waals surface area contributed by atoms with Crippen LogP contribution in [0, 0.1) is 12.8 Å². The molecule has 9 heteroatoms. The Labute approximate surface area is 152 Å². The molecule has 0 saturated carbocycles. The third-order valence-corrected chi connectivity index (χ3v) is 5.67. The maximum Gasteiger partial charge on any atom is 0.239 e. The van der Waals surface area contributed by atoms with Gasteiger partial charge in [-0.2, -0.15) is 0 Å². The molecular weight excluding hydrogens is 358 g/mol. The van der Waals surface area contributed by atoms with Crippen LogP contribution < -0.4 is 11.1 Å². The number of primary amides is 1. The van der Waals surface area contributed by atoms with Crippen LogP contribution in [0.15, 0.2) is 24.3 Å². The van der Waals surface area contributed by atoms with Gasteiger partial charge >= 0.3 is 0 Å². The van der Waals surface area contributed by atoms with E-state index in [9.17, 15) is 22.8 Å². The van der Waals surface area contributed by atoms with E-state index in [1.165, 1.54) is 4.90 Å². The van der Waals surface area contributed by atoms with Crippen LogP contribution in [0.4, 0.5) is 5.69 Å². The fraction of sp³-hybridized carbons (Fsp3) is 0.471. The topological polar surface area (TPSA) is 127 Å². The van der Waals surface area contributed by atoms with Crippen molar-refractivity contribution in [3.8, 4) is 0 Å². The average molecular weight is 381 g/mol. The lowest BCUT2D eigenvalue weighted by molar-refractivity contribution is -0.132. The molecule has 142 valence electrons. The Bertz CT molecular complexity index is 781. The number of aryl methyl sites for hydroxylation is 1. The summed E-state index contributed by atoms with van der Waals surface area (Å²) in [6.07, 6.45) is 0.851. The van der Waals surface area contributed by atoms with E-state index in [2.05, 4.69) is 5.32 Å². The number of hydrogen-bond donors (Lipinski definition) is 2. The number of likely N-dealkylation sites (tertiary alicyclic amines) is 1. The summed E-state index contributed by atoms with van der Waals surface area (Å²) in [7, 11) is -3.88. The molecule has 0 atom stereocenters. The Morgan fingerprint density at radius 3 is 2.23 bits per heavy atom. The van der Waals surface area contributed by atoms with E-state index in [1.54, 1.807) is 24.3 Å². The van der Waals surface area contributed by atoms with Gasteiger partial charge in [0, 0.05) is 24.7 Å². The van der Waals surface area contributed by atoms with E-state index in [-0.39, 0.29) is 19.0 Å². The Kier molecular flexibility index (Phi) is 6.36. The highest BCUT2D eigenvalue weighted by Gasteiger charge is 2.29. The Morgan fingerprint density at radius 1 is 1.12 bits per heavy atom. The highest BCUT2D eigenvalue weighted by atomic mass is 32.2. The van der Waals surface area contributed by atoms with E-state index in [1.807, 2.05) is 6.92 Å². The van der Waals surface area contributed by atoms with Crippen molar-refractivity contribution in [2.24, 2.45) is 11.7 Å².